The molecule has 110 valence electrons. The molecule has 19 heavy (non-hydrogen) atoms. The molecule has 0 aliphatic carbocycles. The fourth-order valence-corrected chi connectivity index (χ4v) is 2.25. The van der Waals surface area contributed by atoms with Crippen LogP contribution in [0.15, 0.2) is 0 Å². The first kappa shape index (κ1) is 15.9. The van der Waals surface area contributed by atoms with Crippen LogP contribution in [0.5, 0.6) is 0 Å². The molecule has 4 N–H and O–H groups in total. The van der Waals surface area contributed by atoms with Crippen molar-refractivity contribution in [1.82, 2.24) is 15.5 Å². The molecule has 0 bridgehead atoms. The van der Waals surface area contributed by atoms with Crippen molar-refractivity contribution in [2.24, 2.45) is 5.73 Å². The third-order valence-corrected chi connectivity index (χ3v) is 3.46. The van der Waals surface area contributed by atoms with Crippen molar-refractivity contribution in [3.63, 3.8) is 0 Å². The minimum absolute atomic E-state index is 0.0456. The smallest absolute Gasteiger partial charge is 0.233 e. The van der Waals surface area contributed by atoms with Crippen LogP contribution in [0.1, 0.15) is 32.1 Å². The van der Waals surface area contributed by atoms with E-state index >= 15 is 0 Å². The maximum absolute atomic E-state index is 11.7. The standard InChI is InChI=1S/C13H26N4O2/c1-15-13(19)10-17-8-5-11(6-9-17)16-12(18)4-2-3-7-14/h11H,2-10,14H2,1H3,(H,15,19)(H,16,18). The van der Waals surface area contributed by atoms with E-state index in [4.69, 9.17) is 5.73 Å². The zero-order valence-electron chi connectivity index (χ0n) is 11.8. The van der Waals surface area contributed by atoms with Gasteiger partial charge >= 0.3 is 0 Å². The largest absolute Gasteiger partial charge is 0.358 e. The molecule has 1 rings (SSSR count). The quantitative estimate of drug-likeness (QED) is 0.541. The zero-order chi connectivity index (χ0) is 14.1. The fraction of sp³-hybridized carbons (Fsp3) is 0.846. The second kappa shape index (κ2) is 8.87. The Hall–Kier alpha value is -1.14. The van der Waals surface area contributed by atoms with E-state index in [1.54, 1.807) is 7.05 Å². The number of hydrogen-bond acceptors (Lipinski definition) is 4. The van der Waals surface area contributed by atoms with E-state index < -0.39 is 0 Å². The number of nitrogens with zero attached hydrogens (tertiary/aromatic N) is 1. The van der Waals surface area contributed by atoms with Crippen molar-refractivity contribution < 1.29 is 9.59 Å². The summed E-state index contributed by atoms with van der Waals surface area (Å²) >= 11 is 0. The molecule has 6 heteroatoms. The lowest BCUT2D eigenvalue weighted by Gasteiger charge is -2.31. The summed E-state index contributed by atoms with van der Waals surface area (Å²) in [6, 6.07) is 0.256. The van der Waals surface area contributed by atoms with Gasteiger partial charge in [-0.25, -0.2) is 0 Å². The molecular formula is C13H26N4O2. The summed E-state index contributed by atoms with van der Waals surface area (Å²) in [5.41, 5.74) is 5.40. The van der Waals surface area contributed by atoms with Crippen molar-refractivity contribution in [3.05, 3.63) is 0 Å². The molecule has 1 fully saturated rings. The lowest BCUT2D eigenvalue weighted by Crippen LogP contribution is -2.47. The van der Waals surface area contributed by atoms with Gasteiger partial charge in [0.05, 0.1) is 6.54 Å². The molecule has 6 nitrogen and oxygen atoms in total. The van der Waals surface area contributed by atoms with Gasteiger partial charge in [-0.2, -0.15) is 0 Å². The summed E-state index contributed by atoms with van der Waals surface area (Å²) in [5, 5.41) is 5.68. The molecule has 0 aromatic rings. The van der Waals surface area contributed by atoms with E-state index in [0.717, 1.165) is 38.8 Å². The fourth-order valence-electron chi connectivity index (χ4n) is 2.25. The third-order valence-electron chi connectivity index (χ3n) is 3.46. The molecule has 0 saturated carbocycles. The van der Waals surface area contributed by atoms with E-state index in [-0.39, 0.29) is 17.9 Å². The van der Waals surface area contributed by atoms with Gasteiger partial charge < -0.3 is 16.4 Å². The van der Waals surface area contributed by atoms with Gasteiger partial charge in [0.2, 0.25) is 11.8 Å². The summed E-state index contributed by atoms with van der Waals surface area (Å²) in [5.74, 6) is 0.169. The molecule has 1 aliphatic heterocycles. The Morgan fingerprint density at radius 1 is 1.21 bits per heavy atom. The third kappa shape index (κ3) is 6.54. The van der Waals surface area contributed by atoms with Crippen molar-refractivity contribution in [1.29, 1.82) is 0 Å². The molecule has 1 heterocycles. The van der Waals surface area contributed by atoms with E-state index in [1.165, 1.54) is 0 Å². The molecule has 1 aliphatic rings. The van der Waals surface area contributed by atoms with Crippen LogP contribution in [0.25, 0.3) is 0 Å². The van der Waals surface area contributed by atoms with Crippen LogP contribution in [-0.4, -0.2) is 56.0 Å². The Morgan fingerprint density at radius 3 is 2.47 bits per heavy atom. The van der Waals surface area contributed by atoms with E-state index in [2.05, 4.69) is 15.5 Å². The normalized spacial score (nSPS) is 17.2. The van der Waals surface area contributed by atoms with Gasteiger partial charge in [-0.05, 0) is 32.2 Å². The van der Waals surface area contributed by atoms with Gasteiger partial charge in [-0.15, -0.1) is 0 Å². The number of carbonyl (C=O) groups excluding carboxylic acids is 2. The first-order valence-corrected chi connectivity index (χ1v) is 7.08. The van der Waals surface area contributed by atoms with Crippen LogP contribution in [0, 0.1) is 0 Å². The molecule has 1 saturated heterocycles. The van der Waals surface area contributed by atoms with Crippen LogP contribution >= 0.6 is 0 Å². The Bertz CT molecular complexity index is 288. The summed E-state index contributed by atoms with van der Waals surface area (Å²) in [7, 11) is 1.65. The number of likely N-dealkylation sites (N-methyl/N-ethyl adjacent to an activating group) is 1. The lowest BCUT2D eigenvalue weighted by atomic mass is 10.0. The summed E-state index contributed by atoms with van der Waals surface area (Å²) in [6.07, 6.45) is 4.16. The Kier molecular flexibility index (Phi) is 7.43. The Labute approximate surface area is 115 Å². The molecule has 0 spiro atoms. The molecule has 0 aromatic carbocycles. The first-order valence-electron chi connectivity index (χ1n) is 7.08. The average Bonchev–Trinajstić information content (AvgIpc) is 2.41. The Morgan fingerprint density at radius 2 is 1.89 bits per heavy atom. The Balaban J connectivity index is 2.15. The number of carbonyl (C=O) groups is 2. The number of nitrogens with one attached hydrogen (secondary N) is 2. The number of nitrogens with two attached hydrogens (primary N) is 1. The lowest BCUT2D eigenvalue weighted by molar-refractivity contribution is -0.124. The molecular weight excluding hydrogens is 244 g/mol. The van der Waals surface area contributed by atoms with Crippen LogP contribution in [0.3, 0.4) is 0 Å². The monoisotopic (exact) mass is 270 g/mol. The van der Waals surface area contributed by atoms with Crippen LogP contribution in [-0.2, 0) is 9.59 Å². The van der Waals surface area contributed by atoms with Crippen molar-refractivity contribution >= 4 is 11.8 Å². The van der Waals surface area contributed by atoms with Crippen molar-refractivity contribution in [2.45, 2.75) is 38.1 Å². The van der Waals surface area contributed by atoms with E-state index in [1.807, 2.05) is 0 Å². The highest BCUT2D eigenvalue weighted by Gasteiger charge is 2.21. The van der Waals surface area contributed by atoms with Gasteiger partial charge in [0.1, 0.15) is 0 Å². The number of amides is 2. The predicted octanol–water partition coefficient (Wildman–Crippen LogP) is -0.558. The van der Waals surface area contributed by atoms with Crippen LogP contribution < -0.4 is 16.4 Å². The number of rotatable bonds is 7. The van der Waals surface area contributed by atoms with Crippen molar-refractivity contribution in [2.75, 3.05) is 33.2 Å². The molecule has 2 amide bonds. The summed E-state index contributed by atoms with van der Waals surface area (Å²) in [6.45, 7) is 2.82. The number of piperidine rings is 1. The maximum Gasteiger partial charge on any atom is 0.233 e. The number of hydrogen-bond donors (Lipinski definition) is 3. The molecule has 0 radical (unpaired) electrons. The number of likely N-dealkylation sites (tertiary alicyclic amines) is 1. The highest BCUT2D eigenvalue weighted by atomic mass is 16.2. The second-order valence-electron chi connectivity index (χ2n) is 5.04. The van der Waals surface area contributed by atoms with Crippen molar-refractivity contribution in [3.8, 4) is 0 Å². The van der Waals surface area contributed by atoms with E-state index in [9.17, 15) is 9.59 Å². The minimum atomic E-state index is 0.0456. The van der Waals surface area contributed by atoms with Gasteiger partial charge in [-0.1, -0.05) is 0 Å². The SMILES string of the molecule is CNC(=O)CN1CCC(NC(=O)CCCCN)CC1. The second-order valence-corrected chi connectivity index (χ2v) is 5.04. The summed E-state index contributed by atoms with van der Waals surface area (Å²) in [4.78, 5) is 25.0. The topological polar surface area (TPSA) is 87.5 Å². The first-order chi connectivity index (χ1) is 9.15. The predicted molar refractivity (Wildman–Crippen MR) is 74.6 cm³/mol. The molecule has 0 aromatic heterocycles. The van der Waals surface area contributed by atoms with Gasteiger partial charge in [0, 0.05) is 32.6 Å². The van der Waals surface area contributed by atoms with Gasteiger partial charge in [0.15, 0.2) is 0 Å². The van der Waals surface area contributed by atoms with Crippen LogP contribution in [0.2, 0.25) is 0 Å². The van der Waals surface area contributed by atoms with Gasteiger partial charge in [0.25, 0.3) is 0 Å². The van der Waals surface area contributed by atoms with E-state index in [0.29, 0.717) is 19.5 Å². The number of unbranched alkanes of at least 4 members (excludes halogenated alkanes) is 1. The summed E-state index contributed by atoms with van der Waals surface area (Å²) < 4.78 is 0. The molecule has 0 unspecified atom stereocenters. The minimum Gasteiger partial charge on any atom is -0.358 e. The highest BCUT2D eigenvalue weighted by Crippen LogP contribution is 2.10. The maximum atomic E-state index is 11.7. The van der Waals surface area contributed by atoms with Crippen LogP contribution in [0.4, 0.5) is 0 Å². The average molecular weight is 270 g/mol. The molecule has 0 atom stereocenters. The highest BCUT2D eigenvalue weighted by molar-refractivity contribution is 5.77. The van der Waals surface area contributed by atoms with Gasteiger partial charge in [-0.3, -0.25) is 14.5 Å². The zero-order valence-corrected chi connectivity index (χ0v) is 11.8.